The lowest BCUT2D eigenvalue weighted by Gasteiger charge is -2.17. The molecule has 2 amide bonds. The van der Waals surface area contributed by atoms with Crippen molar-refractivity contribution in [2.24, 2.45) is 0 Å². The molecule has 27 heavy (non-hydrogen) atoms. The van der Waals surface area contributed by atoms with Crippen molar-refractivity contribution in [1.29, 1.82) is 0 Å². The van der Waals surface area contributed by atoms with E-state index in [4.69, 9.17) is 9.47 Å². The van der Waals surface area contributed by atoms with Gasteiger partial charge in [0.25, 0.3) is 0 Å². The molecule has 0 bridgehead atoms. The standard InChI is InChI=1S/C19H22N4O4/c1-14-20-9-7-17(22-14)27-16-8-10-23(12-16)18(24)11-21-19(25)26-13-15-5-3-2-4-6-15/h2-7,9,16H,8,10-13H2,1H3,(H,21,25)/t16-/m1/s1. The zero-order valence-corrected chi connectivity index (χ0v) is 15.1. The first-order valence-electron chi connectivity index (χ1n) is 8.79. The molecule has 8 heteroatoms. The summed E-state index contributed by atoms with van der Waals surface area (Å²) in [4.78, 5) is 33.9. The van der Waals surface area contributed by atoms with Crippen molar-refractivity contribution in [3.8, 4) is 5.88 Å². The molecular weight excluding hydrogens is 348 g/mol. The molecular formula is C19H22N4O4. The van der Waals surface area contributed by atoms with Crippen LogP contribution in [-0.4, -0.2) is 52.6 Å². The van der Waals surface area contributed by atoms with Crippen LogP contribution < -0.4 is 10.1 Å². The molecule has 0 radical (unpaired) electrons. The minimum atomic E-state index is -0.615. The highest BCUT2D eigenvalue weighted by Gasteiger charge is 2.28. The molecule has 1 saturated heterocycles. The predicted octanol–water partition coefficient (Wildman–Crippen LogP) is 1.69. The summed E-state index contributed by atoms with van der Waals surface area (Å²) in [6, 6.07) is 11.1. The summed E-state index contributed by atoms with van der Waals surface area (Å²) in [7, 11) is 0. The van der Waals surface area contributed by atoms with Gasteiger partial charge in [0.15, 0.2) is 0 Å². The highest BCUT2D eigenvalue weighted by Crippen LogP contribution is 2.16. The molecule has 1 aromatic carbocycles. The molecule has 1 aromatic heterocycles. The highest BCUT2D eigenvalue weighted by atomic mass is 16.5. The first-order valence-corrected chi connectivity index (χ1v) is 8.79. The van der Waals surface area contributed by atoms with Crippen molar-refractivity contribution >= 4 is 12.0 Å². The number of likely N-dealkylation sites (tertiary alicyclic amines) is 1. The summed E-state index contributed by atoms with van der Waals surface area (Å²) in [6.07, 6.45) is 1.62. The number of nitrogens with zero attached hydrogens (tertiary/aromatic N) is 3. The molecule has 1 aliphatic rings. The average molecular weight is 370 g/mol. The molecule has 2 heterocycles. The summed E-state index contributed by atoms with van der Waals surface area (Å²) in [5.41, 5.74) is 0.887. The van der Waals surface area contributed by atoms with E-state index < -0.39 is 6.09 Å². The van der Waals surface area contributed by atoms with Crippen LogP contribution in [0.5, 0.6) is 5.88 Å². The number of ether oxygens (including phenoxy) is 2. The van der Waals surface area contributed by atoms with Crippen LogP contribution in [-0.2, 0) is 16.1 Å². The molecule has 1 atom stereocenters. The van der Waals surface area contributed by atoms with Crippen LogP contribution in [0.4, 0.5) is 4.79 Å². The quantitative estimate of drug-likeness (QED) is 0.832. The zero-order valence-electron chi connectivity index (χ0n) is 15.1. The van der Waals surface area contributed by atoms with E-state index in [1.54, 1.807) is 24.1 Å². The summed E-state index contributed by atoms with van der Waals surface area (Å²) in [5, 5.41) is 2.49. The van der Waals surface area contributed by atoms with Crippen LogP contribution in [0.15, 0.2) is 42.6 Å². The van der Waals surface area contributed by atoms with Crippen molar-refractivity contribution in [2.45, 2.75) is 26.1 Å². The second kappa shape index (κ2) is 8.98. The molecule has 0 aliphatic carbocycles. The Bertz CT molecular complexity index is 784. The van der Waals surface area contributed by atoms with Crippen molar-refractivity contribution in [3.63, 3.8) is 0 Å². The molecule has 1 aliphatic heterocycles. The molecule has 8 nitrogen and oxygen atoms in total. The van der Waals surface area contributed by atoms with Gasteiger partial charge < -0.3 is 19.7 Å². The minimum absolute atomic E-state index is 0.104. The van der Waals surface area contributed by atoms with E-state index in [0.29, 0.717) is 31.2 Å². The summed E-state index contributed by atoms with van der Waals surface area (Å²) in [6.45, 7) is 2.89. The van der Waals surface area contributed by atoms with Gasteiger partial charge in [-0.15, -0.1) is 0 Å². The van der Waals surface area contributed by atoms with Gasteiger partial charge in [-0.1, -0.05) is 30.3 Å². The first kappa shape index (κ1) is 18.6. The average Bonchev–Trinajstić information content (AvgIpc) is 3.14. The Hall–Kier alpha value is -3.16. The van der Waals surface area contributed by atoms with Gasteiger partial charge >= 0.3 is 6.09 Å². The van der Waals surface area contributed by atoms with Gasteiger partial charge in [0, 0.05) is 25.2 Å². The van der Waals surface area contributed by atoms with Gasteiger partial charge in [0.1, 0.15) is 25.1 Å². The van der Waals surface area contributed by atoms with Crippen molar-refractivity contribution in [2.75, 3.05) is 19.6 Å². The molecule has 1 N–H and O–H groups in total. The van der Waals surface area contributed by atoms with E-state index in [1.165, 1.54) is 0 Å². The smallest absolute Gasteiger partial charge is 0.407 e. The van der Waals surface area contributed by atoms with Crippen LogP contribution in [0.3, 0.4) is 0 Å². The number of benzene rings is 1. The van der Waals surface area contributed by atoms with Crippen molar-refractivity contribution in [1.82, 2.24) is 20.2 Å². The molecule has 142 valence electrons. The monoisotopic (exact) mass is 370 g/mol. The van der Waals surface area contributed by atoms with Gasteiger partial charge in [-0.2, -0.15) is 4.98 Å². The second-order valence-corrected chi connectivity index (χ2v) is 6.23. The molecule has 0 spiro atoms. The van der Waals surface area contributed by atoms with Gasteiger partial charge in [-0.3, -0.25) is 4.79 Å². The van der Waals surface area contributed by atoms with Crippen LogP contribution in [0, 0.1) is 6.92 Å². The van der Waals surface area contributed by atoms with Crippen LogP contribution in [0.2, 0.25) is 0 Å². The fourth-order valence-electron chi connectivity index (χ4n) is 2.76. The van der Waals surface area contributed by atoms with Gasteiger partial charge in [0.2, 0.25) is 11.8 Å². The third-order valence-electron chi connectivity index (χ3n) is 4.13. The van der Waals surface area contributed by atoms with Gasteiger partial charge in [0.05, 0.1) is 6.54 Å². The fourth-order valence-corrected chi connectivity index (χ4v) is 2.76. The Morgan fingerprint density at radius 1 is 1.26 bits per heavy atom. The number of hydrogen-bond acceptors (Lipinski definition) is 6. The molecule has 0 saturated carbocycles. The minimum Gasteiger partial charge on any atom is -0.472 e. The van der Waals surface area contributed by atoms with E-state index in [9.17, 15) is 9.59 Å². The lowest BCUT2D eigenvalue weighted by molar-refractivity contribution is -0.129. The Balaban J connectivity index is 1.38. The third kappa shape index (κ3) is 5.67. The maximum atomic E-state index is 12.3. The number of carbonyl (C=O) groups excluding carboxylic acids is 2. The van der Waals surface area contributed by atoms with E-state index in [0.717, 1.165) is 5.56 Å². The van der Waals surface area contributed by atoms with Crippen LogP contribution in [0.1, 0.15) is 17.8 Å². The SMILES string of the molecule is Cc1nccc(O[C@@H]2CCN(C(=O)CNC(=O)OCc3ccccc3)C2)n1. The Kier molecular flexibility index (Phi) is 6.19. The summed E-state index contributed by atoms with van der Waals surface area (Å²) < 4.78 is 10.9. The lowest BCUT2D eigenvalue weighted by atomic mass is 10.2. The first-order chi connectivity index (χ1) is 13.1. The topological polar surface area (TPSA) is 93.7 Å². The summed E-state index contributed by atoms with van der Waals surface area (Å²) in [5.74, 6) is 0.970. The zero-order chi connectivity index (χ0) is 19.1. The third-order valence-corrected chi connectivity index (χ3v) is 4.13. The number of rotatable bonds is 6. The number of aryl methyl sites for hydroxylation is 1. The van der Waals surface area contributed by atoms with Crippen LogP contribution >= 0.6 is 0 Å². The van der Waals surface area contributed by atoms with E-state index in [1.807, 2.05) is 30.3 Å². The maximum Gasteiger partial charge on any atom is 0.407 e. The van der Waals surface area contributed by atoms with Crippen LogP contribution in [0.25, 0.3) is 0 Å². The number of aromatic nitrogens is 2. The predicted molar refractivity (Wildman–Crippen MR) is 97.0 cm³/mol. The van der Waals surface area contributed by atoms with Gasteiger partial charge in [-0.25, -0.2) is 9.78 Å². The Morgan fingerprint density at radius 2 is 2.07 bits per heavy atom. The van der Waals surface area contributed by atoms with E-state index >= 15 is 0 Å². The highest BCUT2D eigenvalue weighted by molar-refractivity contribution is 5.82. The molecule has 1 fully saturated rings. The Labute approximate surface area is 157 Å². The number of amides is 2. The van der Waals surface area contributed by atoms with E-state index in [2.05, 4.69) is 15.3 Å². The summed E-state index contributed by atoms with van der Waals surface area (Å²) >= 11 is 0. The fraction of sp³-hybridized carbons (Fsp3) is 0.368. The van der Waals surface area contributed by atoms with Gasteiger partial charge in [-0.05, 0) is 12.5 Å². The molecule has 2 aromatic rings. The van der Waals surface area contributed by atoms with E-state index in [-0.39, 0.29) is 25.2 Å². The largest absolute Gasteiger partial charge is 0.472 e. The Morgan fingerprint density at radius 3 is 2.85 bits per heavy atom. The normalized spacial score (nSPS) is 16.0. The molecule has 3 rings (SSSR count). The second-order valence-electron chi connectivity index (χ2n) is 6.23. The lowest BCUT2D eigenvalue weighted by Crippen LogP contribution is -2.40. The number of carbonyl (C=O) groups is 2. The molecule has 0 unspecified atom stereocenters. The van der Waals surface area contributed by atoms with Crippen molar-refractivity contribution in [3.05, 3.63) is 54.0 Å². The maximum absolute atomic E-state index is 12.3. The number of hydrogen-bond donors (Lipinski definition) is 1. The number of nitrogens with one attached hydrogen (secondary N) is 1. The van der Waals surface area contributed by atoms with Crippen molar-refractivity contribution < 1.29 is 19.1 Å². The number of alkyl carbamates (subject to hydrolysis) is 1.